The molecule has 1 amide bonds. The van der Waals surface area contributed by atoms with Gasteiger partial charge < -0.3 is 0 Å². The van der Waals surface area contributed by atoms with E-state index >= 15 is 0 Å². The molecule has 74 valence electrons. The standard InChI is InChI=1S/C9H12N4O/c1-8-4-7-13(11-9(8)14)12-6-3-2-5-10-12/h2-8,10H,1H3,(H,11,14). The van der Waals surface area contributed by atoms with E-state index in [-0.39, 0.29) is 11.8 Å². The SMILES string of the molecule is CC1C=CN(N2C=CC=CN2)NC1=O. The van der Waals surface area contributed by atoms with Gasteiger partial charge in [0.05, 0.1) is 5.92 Å². The Bertz CT molecular complexity index is 321. The molecule has 0 aromatic rings. The molecule has 2 heterocycles. The third kappa shape index (κ3) is 1.56. The zero-order valence-electron chi connectivity index (χ0n) is 7.84. The van der Waals surface area contributed by atoms with Crippen LogP contribution < -0.4 is 10.9 Å². The molecule has 14 heavy (non-hydrogen) atoms. The van der Waals surface area contributed by atoms with Crippen molar-refractivity contribution in [3.8, 4) is 0 Å². The van der Waals surface area contributed by atoms with Crippen molar-refractivity contribution in [1.82, 2.24) is 21.1 Å². The number of hydrazine groups is 3. The van der Waals surface area contributed by atoms with Gasteiger partial charge in [-0.2, -0.15) is 10.2 Å². The zero-order valence-corrected chi connectivity index (χ0v) is 7.84. The summed E-state index contributed by atoms with van der Waals surface area (Å²) >= 11 is 0. The minimum absolute atomic E-state index is 0.0164. The molecule has 5 nitrogen and oxygen atoms in total. The first kappa shape index (κ1) is 8.68. The molecular weight excluding hydrogens is 180 g/mol. The maximum Gasteiger partial charge on any atom is 0.246 e. The Kier molecular flexibility index (Phi) is 2.14. The molecule has 0 fully saturated rings. The first-order valence-electron chi connectivity index (χ1n) is 4.44. The third-order valence-corrected chi connectivity index (χ3v) is 2.03. The van der Waals surface area contributed by atoms with E-state index in [9.17, 15) is 4.79 Å². The van der Waals surface area contributed by atoms with Crippen molar-refractivity contribution in [3.63, 3.8) is 0 Å². The molecular formula is C9H12N4O. The van der Waals surface area contributed by atoms with E-state index in [0.29, 0.717) is 0 Å². The van der Waals surface area contributed by atoms with Crippen molar-refractivity contribution in [2.45, 2.75) is 6.92 Å². The van der Waals surface area contributed by atoms with Crippen LogP contribution in [0.25, 0.3) is 0 Å². The van der Waals surface area contributed by atoms with Gasteiger partial charge in [0.25, 0.3) is 0 Å². The number of allylic oxidation sites excluding steroid dienone is 2. The van der Waals surface area contributed by atoms with Crippen molar-refractivity contribution in [2.75, 3.05) is 0 Å². The average Bonchev–Trinajstić information content (AvgIpc) is 2.23. The van der Waals surface area contributed by atoms with E-state index in [2.05, 4.69) is 10.9 Å². The van der Waals surface area contributed by atoms with Crippen LogP contribution in [-0.2, 0) is 4.79 Å². The number of nitrogens with one attached hydrogen (secondary N) is 2. The van der Waals surface area contributed by atoms with Crippen molar-refractivity contribution < 1.29 is 4.79 Å². The Hall–Kier alpha value is -1.91. The van der Waals surface area contributed by atoms with Gasteiger partial charge in [0.15, 0.2) is 0 Å². The fraction of sp³-hybridized carbons (Fsp3) is 0.222. The van der Waals surface area contributed by atoms with Crippen molar-refractivity contribution in [3.05, 3.63) is 36.8 Å². The fourth-order valence-corrected chi connectivity index (χ4v) is 1.16. The quantitative estimate of drug-likeness (QED) is 0.625. The molecule has 0 saturated heterocycles. The second kappa shape index (κ2) is 3.45. The van der Waals surface area contributed by atoms with E-state index in [4.69, 9.17) is 0 Å². The van der Waals surface area contributed by atoms with Crippen molar-refractivity contribution >= 4 is 5.91 Å². The first-order valence-corrected chi connectivity index (χ1v) is 4.44. The molecule has 0 spiro atoms. The van der Waals surface area contributed by atoms with E-state index in [1.54, 1.807) is 22.6 Å². The smallest absolute Gasteiger partial charge is 0.246 e. The highest BCUT2D eigenvalue weighted by atomic mass is 16.2. The van der Waals surface area contributed by atoms with Gasteiger partial charge in [-0.05, 0) is 19.1 Å². The normalized spacial score (nSPS) is 24.9. The summed E-state index contributed by atoms with van der Waals surface area (Å²) in [6, 6.07) is 0. The van der Waals surface area contributed by atoms with Gasteiger partial charge in [-0.15, -0.1) is 0 Å². The maximum absolute atomic E-state index is 11.3. The van der Waals surface area contributed by atoms with Gasteiger partial charge in [-0.3, -0.25) is 10.2 Å². The summed E-state index contributed by atoms with van der Waals surface area (Å²) in [6.07, 6.45) is 11.0. The zero-order chi connectivity index (χ0) is 9.97. The lowest BCUT2D eigenvalue weighted by molar-refractivity contribution is -0.136. The molecule has 0 aromatic carbocycles. The number of rotatable bonds is 1. The minimum Gasteiger partial charge on any atom is -0.286 e. The topological polar surface area (TPSA) is 47.6 Å². The number of amides is 1. The largest absolute Gasteiger partial charge is 0.286 e. The van der Waals surface area contributed by atoms with Crippen LogP contribution in [0.2, 0.25) is 0 Å². The van der Waals surface area contributed by atoms with Crippen LogP contribution >= 0.6 is 0 Å². The Morgan fingerprint density at radius 3 is 2.79 bits per heavy atom. The molecule has 1 unspecified atom stereocenters. The van der Waals surface area contributed by atoms with Crippen molar-refractivity contribution in [2.24, 2.45) is 5.92 Å². The lowest BCUT2D eigenvalue weighted by Crippen LogP contribution is -2.55. The molecule has 0 radical (unpaired) electrons. The number of nitrogens with zero attached hydrogens (tertiary/aromatic N) is 2. The lowest BCUT2D eigenvalue weighted by atomic mass is 10.1. The molecule has 2 aliphatic rings. The van der Waals surface area contributed by atoms with Crippen LogP contribution in [-0.4, -0.2) is 16.1 Å². The number of hydrogen-bond acceptors (Lipinski definition) is 4. The number of carbonyl (C=O) groups excluding carboxylic acids is 1. The van der Waals surface area contributed by atoms with Crippen LogP contribution in [0.1, 0.15) is 6.92 Å². The fourth-order valence-electron chi connectivity index (χ4n) is 1.16. The molecule has 2 aliphatic heterocycles. The van der Waals surface area contributed by atoms with E-state index in [1.165, 1.54) is 0 Å². The highest BCUT2D eigenvalue weighted by Gasteiger charge is 2.19. The van der Waals surface area contributed by atoms with Gasteiger partial charge in [-0.25, -0.2) is 5.43 Å². The molecule has 0 saturated carbocycles. The molecule has 0 aromatic heterocycles. The summed E-state index contributed by atoms with van der Waals surface area (Å²) in [5, 5.41) is 3.25. The van der Waals surface area contributed by atoms with E-state index in [1.807, 2.05) is 31.4 Å². The molecule has 0 aliphatic carbocycles. The van der Waals surface area contributed by atoms with Gasteiger partial charge in [0, 0.05) is 18.6 Å². The summed E-state index contributed by atoms with van der Waals surface area (Å²) in [4.78, 5) is 11.3. The molecule has 5 heteroatoms. The second-order valence-electron chi connectivity index (χ2n) is 3.13. The average molecular weight is 192 g/mol. The summed E-state index contributed by atoms with van der Waals surface area (Å²) in [6.45, 7) is 1.85. The highest BCUT2D eigenvalue weighted by molar-refractivity contribution is 5.80. The molecule has 2 N–H and O–H groups in total. The van der Waals surface area contributed by atoms with Crippen LogP contribution in [0.5, 0.6) is 0 Å². The molecule has 1 atom stereocenters. The summed E-state index contributed by atoms with van der Waals surface area (Å²) < 4.78 is 0. The number of carbonyl (C=O) groups is 1. The summed E-state index contributed by atoms with van der Waals surface area (Å²) in [7, 11) is 0. The summed E-state index contributed by atoms with van der Waals surface area (Å²) in [5.41, 5.74) is 5.67. The van der Waals surface area contributed by atoms with Gasteiger partial charge >= 0.3 is 0 Å². The Morgan fingerprint density at radius 2 is 2.14 bits per heavy atom. The Labute approximate surface area is 82.3 Å². The van der Waals surface area contributed by atoms with Crippen molar-refractivity contribution in [1.29, 1.82) is 0 Å². The van der Waals surface area contributed by atoms with E-state index < -0.39 is 0 Å². The molecule has 0 bridgehead atoms. The lowest BCUT2D eigenvalue weighted by Gasteiger charge is -2.35. The van der Waals surface area contributed by atoms with Crippen LogP contribution in [0.3, 0.4) is 0 Å². The monoisotopic (exact) mass is 192 g/mol. The predicted octanol–water partition coefficient (Wildman–Crippen LogP) is 0.246. The second-order valence-corrected chi connectivity index (χ2v) is 3.13. The van der Waals surface area contributed by atoms with Gasteiger partial charge in [-0.1, -0.05) is 6.08 Å². The van der Waals surface area contributed by atoms with Crippen LogP contribution in [0.15, 0.2) is 36.8 Å². The van der Waals surface area contributed by atoms with Crippen LogP contribution in [0, 0.1) is 5.92 Å². The molecule has 2 rings (SSSR count). The predicted molar refractivity (Wildman–Crippen MR) is 51.5 cm³/mol. The summed E-state index contributed by atoms with van der Waals surface area (Å²) in [5.74, 6) is -0.0900. The third-order valence-electron chi connectivity index (χ3n) is 2.03. The number of hydrogen-bond donors (Lipinski definition) is 2. The van der Waals surface area contributed by atoms with Gasteiger partial charge in [0.1, 0.15) is 0 Å². The highest BCUT2D eigenvalue weighted by Crippen LogP contribution is 2.07. The van der Waals surface area contributed by atoms with E-state index in [0.717, 1.165) is 0 Å². The minimum atomic E-state index is -0.0736. The Balaban J connectivity index is 2.06. The maximum atomic E-state index is 11.3. The Morgan fingerprint density at radius 1 is 1.29 bits per heavy atom. The first-order chi connectivity index (χ1) is 6.77. The van der Waals surface area contributed by atoms with Gasteiger partial charge in [0.2, 0.25) is 5.91 Å². The van der Waals surface area contributed by atoms with Crippen LogP contribution in [0.4, 0.5) is 0 Å².